The molecule has 1 aromatic heterocycles. The van der Waals surface area contributed by atoms with E-state index in [2.05, 4.69) is 23.1 Å². The summed E-state index contributed by atoms with van der Waals surface area (Å²) in [6, 6.07) is 12.4. The average Bonchev–Trinajstić information content (AvgIpc) is 2.55. The molecule has 4 heteroatoms. The normalized spacial score (nSPS) is 15.5. The summed E-state index contributed by atoms with van der Waals surface area (Å²) in [5.41, 5.74) is 1.03. The molecule has 0 radical (unpaired) electrons. The summed E-state index contributed by atoms with van der Waals surface area (Å²) >= 11 is 0. The maximum Gasteiger partial charge on any atom is 0.222 e. The Hall–Kier alpha value is -2.10. The summed E-state index contributed by atoms with van der Waals surface area (Å²) in [5, 5.41) is 1.16. The second-order valence-electron chi connectivity index (χ2n) is 5.48. The first kappa shape index (κ1) is 13.9. The van der Waals surface area contributed by atoms with Gasteiger partial charge < -0.3 is 9.80 Å². The molecule has 3 rings (SSSR count). The summed E-state index contributed by atoms with van der Waals surface area (Å²) < 4.78 is 0. The molecule has 0 aliphatic carbocycles. The molecule has 1 amide bonds. The Bertz CT molecular complexity index is 633. The maximum absolute atomic E-state index is 11.9. The van der Waals surface area contributed by atoms with Crippen molar-refractivity contribution in [1.29, 1.82) is 0 Å². The lowest BCUT2D eigenvalue weighted by molar-refractivity contribution is -0.131. The van der Waals surface area contributed by atoms with Crippen LogP contribution >= 0.6 is 0 Å². The highest BCUT2D eigenvalue weighted by molar-refractivity contribution is 5.80. The number of hydrogen-bond donors (Lipinski definition) is 0. The number of para-hydroxylation sites is 1. The molecule has 4 nitrogen and oxygen atoms in total. The molecule has 2 heterocycles. The number of benzene rings is 1. The van der Waals surface area contributed by atoms with Crippen molar-refractivity contribution in [2.45, 2.75) is 19.8 Å². The SMILES string of the molecule is CCCC(=O)N1CCN(c2ccc3ccccc3n2)CC1. The Morgan fingerprint density at radius 3 is 2.62 bits per heavy atom. The zero-order valence-electron chi connectivity index (χ0n) is 12.5. The van der Waals surface area contributed by atoms with Crippen LogP contribution in [0.1, 0.15) is 19.8 Å². The highest BCUT2D eigenvalue weighted by Crippen LogP contribution is 2.19. The van der Waals surface area contributed by atoms with Crippen molar-refractivity contribution in [3.63, 3.8) is 0 Å². The van der Waals surface area contributed by atoms with Crippen LogP contribution in [-0.4, -0.2) is 42.0 Å². The van der Waals surface area contributed by atoms with Crippen molar-refractivity contribution in [3.8, 4) is 0 Å². The van der Waals surface area contributed by atoms with Gasteiger partial charge in [-0.15, -0.1) is 0 Å². The standard InChI is InChI=1S/C17H21N3O/c1-2-5-17(21)20-12-10-19(11-13-20)16-9-8-14-6-3-4-7-15(14)18-16/h3-4,6-9H,2,5,10-13H2,1H3. The number of fused-ring (bicyclic) bond motifs is 1. The molecule has 0 unspecified atom stereocenters. The number of carbonyl (C=O) groups excluding carboxylic acids is 1. The lowest BCUT2D eigenvalue weighted by atomic mass is 10.2. The molecule has 0 spiro atoms. The summed E-state index contributed by atoms with van der Waals surface area (Å²) in [7, 11) is 0. The fourth-order valence-corrected chi connectivity index (χ4v) is 2.79. The predicted octanol–water partition coefficient (Wildman–Crippen LogP) is 2.68. The fraction of sp³-hybridized carbons (Fsp3) is 0.412. The van der Waals surface area contributed by atoms with Crippen molar-refractivity contribution in [2.24, 2.45) is 0 Å². The summed E-state index contributed by atoms with van der Waals surface area (Å²) in [4.78, 5) is 20.9. The van der Waals surface area contributed by atoms with Crippen molar-refractivity contribution in [2.75, 3.05) is 31.1 Å². The Balaban J connectivity index is 1.69. The van der Waals surface area contributed by atoms with Gasteiger partial charge in [0.05, 0.1) is 5.52 Å². The van der Waals surface area contributed by atoms with Crippen molar-refractivity contribution >= 4 is 22.6 Å². The van der Waals surface area contributed by atoms with Crippen LogP contribution < -0.4 is 4.90 Å². The maximum atomic E-state index is 11.9. The number of aromatic nitrogens is 1. The van der Waals surface area contributed by atoms with Gasteiger partial charge in [-0.2, -0.15) is 0 Å². The molecule has 0 saturated carbocycles. The van der Waals surface area contributed by atoms with Gasteiger partial charge in [0.2, 0.25) is 5.91 Å². The number of anilines is 1. The van der Waals surface area contributed by atoms with Gasteiger partial charge in [0.15, 0.2) is 0 Å². The van der Waals surface area contributed by atoms with Crippen LogP contribution in [0.2, 0.25) is 0 Å². The quantitative estimate of drug-likeness (QED) is 0.869. The third-order valence-electron chi connectivity index (χ3n) is 4.00. The lowest BCUT2D eigenvalue weighted by Gasteiger charge is -2.35. The third kappa shape index (κ3) is 2.99. The number of piperazine rings is 1. The van der Waals surface area contributed by atoms with Crippen LogP contribution in [0.4, 0.5) is 5.82 Å². The molecule has 110 valence electrons. The van der Waals surface area contributed by atoms with E-state index in [1.165, 1.54) is 0 Å². The van der Waals surface area contributed by atoms with Crippen LogP contribution in [0, 0.1) is 0 Å². The average molecular weight is 283 g/mol. The van der Waals surface area contributed by atoms with E-state index in [1.807, 2.05) is 30.0 Å². The van der Waals surface area contributed by atoms with Gasteiger partial charge in [-0.3, -0.25) is 4.79 Å². The van der Waals surface area contributed by atoms with E-state index < -0.39 is 0 Å². The van der Waals surface area contributed by atoms with Crippen molar-refractivity contribution in [1.82, 2.24) is 9.88 Å². The largest absolute Gasteiger partial charge is 0.353 e. The third-order valence-corrected chi connectivity index (χ3v) is 4.00. The second-order valence-corrected chi connectivity index (χ2v) is 5.48. The number of amides is 1. The number of nitrogens with zero attached hydrogens (tertiary/aromatic N) is 3. The zero-order chi connectivity index (χ0) is 14.7. The van der Waals surface area contributed by atoms with Crippen LogP contribution in [0.15, 0.2) is 36.4 Å². The summed E-state index contributed by atoms with van der Waals surface area (Å²) in [5.74, 6) is 1.29. The lowest BCUT2D eigenvalue weighted by Crippen LogP contribution is -2.49. The smallest absolute Gasteiger partial charge is 0.222 e. The van der Waals surface area contributed by atoms with Gasteiger partial charge in [-0.1, -0.05) is 25.1 Å². The number of hydrogen-bond acceptors (Lipinski definition) is 3. The van der Waals surface area contributed by atoms with E-state index in [4.69, 9.17) is 4.98 Å². The molecule has 0 N–H and O–H groups in total. The summed E-state index contributed by atoms with van der Waals surface area (Å²) in [6.07, 6.45) is 1.58. The molecule has 1 aromatic carbocycles. The first-order chi connectivity index (χ1) is 10.3. The van der Waals surface area contributed by atoms with Gasteiger partial charge in [0.1, 0.15) is 5.82 Å². The highest BCUT2D eigenvalue weighted by atomic mass is 16.2. The van der Waals surface area contributed by atoms with E-state index in [0.29, 0.717) is 6.42 Å². The van der Waals surface area contributed by atoms with E-state index in [9.17, 15) is 4.79 Å². The first-order valence-electron chi connectivity index (χ1n) is 7.66. The van der Waals surface area contributed by atoms with Gasteiger partial charge in [0.25, 0.3) is 0 Å². The fourth-order valence-electron chi connectivity index (χ4n) is 2.79. The minimum Gasteiger partial charge on any atom is -0.353 e. The first-order valence-corrected chi connectivity index (χ1v) is 7.66. The van der Waals surface area contributed by atoms with Crippen LogP contribution in [-0.2, 0) is 4.79 Å². The Morgan fingerprint density at radius 1 is 1.10 bits per heavy atom. The molecule has 2 aromatic rings. The highest BCUT2D eigenvalue weighted by Gasteiger charge is 2.21. The monoisotopic (exact) mass is 283 g/mol. The van der Waals surface area contributed by atoms with E-state index >= 15 is 0 Å². The topological polar surface area (TPSA) is 36.4 Å². The summed E-state index contributed by atoms with van der Waals surface area (Å²) in [6.45, 7) is 5.37. The van der Waals surface area contributed by atoms with Crippen molar-refractivity contribution in [3.05, 3.63) is 36.4 Å². The minimum absolute atomic E-state index is 0.281. The molecular formula is C17H21N3O. The number of rotatable bonds is 3. The van der Waals surface area contributed by atoms with E-state index in [0.717, 1.165) is 49.3 Å². The Morgan fingerprint density at radius 2 is 1.86 bits per heavy atom. The van der Waals surface area contributed by atoms with Crippen LogP contribution in [0.5, 0.6) is 0 Å². The predicted molar refractivity (Wildman–Crippen MR) is 85.4 cm³/mol. The van der Waals surface area contributed by atoms with Gasteiger partial charge >= 0.3 is 0 Å². The molecule has 1 aliphatic rings. The molecular weight excluding hydrogens is 262 g/mol. The van der Waals surface area contributed by atoms with Crippen molar-refractivity contribution < 1.29 is 4.79 Å². The Kier molecular flexibility index (Phi) is 4.04. The molecule has 21 heavy (non-hydrogen) atoms. The Labute approximate surface area is 125 Å². The van der Waals surface area contributed by atoms with Gasteiger partial charge in [0, 0.05) is 38.0 Å². The van der Waals surface area contributed by atoms with Crippen LogP contribution in [0.3, 0.4) is 0 Å². The molecule has 1 saturated heterocycles. The van der Waals surface area contributed by atoms with Gasteiger partial charge in [-0.25, -0.2) is 4.98 Å². The van der Waals surface area contributed by atoms with Crippen LogP contribution in [0.25, 0.3) is 10.9 Å². The molecule has 1 fully saturated rings. The number of carbonyl (C=O) groups is 1. The van der Waals surface area contributed by atoms with Gasteiger partial charge in [-0.05, 0) is 24.6 Å². The zero-order valence-corrected chi connectivity index (χ0v) is 12.5. The second kappa shape index (κ2) is 6.12. The number of pyridine rings is 1. The molecule has 1 aliphatic heterocycles. The van der Waals surface area contributed by atoms with E-state index in [1.54, 1.807) is 0 Å². The molecule has 0 bridgehead atoms. The molecule has 0 atom stereocenters. The van der Waals surface area contributed by atoms with E-state index in [-0.39, 0.29) is 5.91 Å². The minimum atomic E-state index is 0.281.